The second-order valence-corrected chi connectivity index (χ2v) is 8.90. The molecule has 0 aliphatic heterocycles. The van der Waals surface area contributed by atoms with Gasteiger partial charge in [0.15, 0.2) is 5.82 Å². The van der Waals surface area contributed by atoms with Gasteiger partial charge in [-0.25, -0.2) is 9.48 Å². The molecule has 3 rings (SSSR count). The largest absolute Gasteiger partial charge is 0.491 e. The number of rotatable bonds is 13. The minimum absolute atomic E-state index is 0.145. The number of amides is 3. The van der Waals surface area contributed by atoms with E-state index in [0.717, 1.165) is 11.1 Å². The van der Waals surface area contributed by atoms with Crippen LogP contribution >= 0.6 is 0 Å². The number of aromatic nitrogens is 4. The van der Waals surface area contributed by atoms with Crippen molar-refractivity contribution in [2.24, 2.45) is 5.73 Å². The van der Waals surface area contributed by atoms with Gasteiger partial charge in [0.05, 0.1) is 25.3 Å². The smallest absolute Gasteiger partial charge is 0.314 e. The van der Waals surface area contributed by atoms with Gasteiger partial charge in [0.2, 0.25) is 5.91 Å². The maximum absolute atomic E-state index is 12.7. The summed E-state index contributed by atoms with van der Waals surface area (Å²) in [4.78, 5) is 24.2. The van der Waals surface area contributed by atoms with Crippen LogP contribution in [0.15, 0.2) is 54.6 Å². The number of hydrogen-bond donors (Lipinski definition) is 4. The Balaban J connectivity index is 0.00000260. The van der Waals surface area contributed by atoms with E-state index in [0.29, 0.717) is 31.3 Å². The Bertz CT molecular complexity index is 1150. The zero-order valence-corrected chi connectivity index (χ0v) is 23.3. The molecule has 3 amide bonds. The number of tetrazole rings is 1. The Labute approximate surface area is 229 Å². The van der Waals surface area contributed by atoms with Crippen molar-refractivity contribution >= 4 is 11.9 Å². The first-order valence-electron chi connectivity index (χ1n) is 12.9. The van der Waals surface area contributed by atoms with Crippen LogP contribution in [-0.2, 0) is 29.2 Å². The predicted molar refractivity (Wildman–Crippen MR) is 148 cm³/mol. The summed E-state index contributed by atoms with van der Waals surface area (Å²) < 4.78 is 13.4. The molecule has 1 heterocycles. The molecule has 5 N–H and O–H groups in total. The highest BCUT2D eigenvalue weighted by atomic mass is 16.5. The van der Waals surface area contributed by atoms with Crippen molar-refractivity contribution in [3.8, 4) is 5.75 Å². The molecule has 212 valence electrons. The highest BCUT2D eigenvalue weighted by molar-refractivity contribution is 5.85. The first-order valence-corrected chi connectivity index (χ1v) is 12.9. The molecule has 0 saturated carbocycles. The molecule has 2 aromatic carbocycles. The molecule has 1 aromatic heterocycles. The highest BCUT2D eigenvalue weighted by Crippen LogP contribution is 2.18. The summed E-state index contributed by atoms with van der Waals surface area (Å²) in [5.74, 6) is 0.697. The van der Waals surface area contributed by atoms with Crippen LogP contribution in [0.2, 0.25) is 0 Å². The Morgan fingerprint density at radius 2 is 1.77 bits per heavy atom. The van der Waals surface area contributed by atoms with Gasteiger partial charge < -0.3 is 31.2 Å². The number of carbonyl (C=O) groups is 2. The topological polar surface area (TPSA) is 158 Å². The van der Waals surface area contributed by atoms with Crippen LogP contribution in [0, 0.1) is 0 Å². The predicted octanol–water partition coefficient (Wildman–Crippen LogP) is 2.32. The maximum Gasteiger partial charge on any atom is 0.314 e. The van der Waals surface area contributed by atoms with E-state index in [4.69, 9.17) is 15.2 Å². The summed E-state index contributed by atoms with van der Waals surface area (Å²) in [6, 6.07) is 16.2. The molecule has 0 fully saturated rings. The molecule has 3 aromatic rings. The maximum atomic E-state index is 12.7. The Kier molecular flexibility index (Phi) is 12.8. The number of carbonyl (C=O) groups excluding carboxylic acids is 2. The first kappa shape index (κ1) is 31.2. The molecule has 1 atom stereocenters. The summed E-state index contributed by atoms with van der Waals surface area (Å²) >= 11 is 0. The standard InChI is InChI=1S/C25H34N8O4.C2H6/c1-25(2,26)23(34)29-20(17-36-16-18-9-5-4-6-10-18)22-30-31-32-33(22)13-14-37-21-12-8-7-11-19(21)15-28-24(35)27-3;1-2/h4-12,20H,13-17,26H2,1-3H3,(H,29,34)(H2,27,28,35);1-2H3. The second kappa shape index (κ2) is 16.0. The molecule has 39 heavy (non-hydrogen) atoms. The van der Waals surface area contributed by atoms with Crippen LogP contribution in [0.1, 0.15) is 50.7 Å². The molecule has 1 unspecified atom stereocenters. The Morgan fingerprint density at radius 3 is 2.46 bits per heavy atom. The average molecular weight is 541 g/mol. The van der Waals surface area contributed by atoms with E-state index in [-0.39, 0.29) is 25.2 Å². The fourth-order valence-corrected chi connectivity index (χ4v) is 3.31. The number of nitrogens with two attached hydrogens (primary N) is 1. The molecule has 12 nitrogen and oxygen atoms in total. The number of benzene rings is 2. The van der Waals surface area contributed by atoms with Crippen LogP contribution in [0.3, 0.4) is 0 Å². The summed E-state index contributed by atoms with van der Waals surface area (Å²) in [6.45, 7) is 8.64. The minimum Gasteiger partial charge on any atom is -0.491 e. The van der Waals surface area contributed by atoms with Gasteiger partial charge in [-0.15, -0.1) is 5.10 Å². The monoisotopic (exact) mass is 540 g/mol. The Hall–Kier alpha value is -4.03. The summed E-state index contributed by atoms with van der Waals surface area (Å²) in [6.07, 6.45) is 0. The van der Waals surface area contributed by atoms with Gasteiger partial charge >= 0.3 is 6.03 Å². The van der Waals surface area contributed by atoms with Crippen molar-refractivity contribution in [2.45, 2.75) is 59.0 Å². The molecule has 0 saturated heterocycles. The van der Waals surface area contributed by atoms with Crippen molar-refractivity contribution in [2.75, 3.05) is 20.3 Å². The molecule has 0 aliphatic rings. The van der Waals surface area contributed by atoms with Crippen LogP contribution in [-0.4, -0.2) is 57.9 Å². The van der Waals surface area contributed by atoms with Crippen molar-refractivity contribution in [1.82, 2.24) is 36.2 Å². The SMILES string of the molecule is CC.CNC(=O)NCc1ccccc1OCCn1nnnc1C(COCc1ccccc1)NC(=O)C(C)(C)N. The molecule has 12 heteroatoms. The lowest BCUT2D eigenvalue weighted by Crippen LogP contribution is -2.51. The van der Waals surface area contributed by atoms with Gasteiger partial charge in [0.25, 0.3) is 0 Å². The molecule has 0 aliphatic carbocycles. The van der Waals surface area contributed by atoms with E-state index in [1.54, 1.807) is 25.6 Å². The number of nitrogens with one attached hydrogen (secondary N) is 3. The highest BCUT2D eigenvalue weighted by Gasteiger charge is 2.28. The molecular formula is C27H40N8O4. The van der Waals surface area contributed by atoms with Crippen molar-refractivity contribution in [3.05, 3.63) is 71.5 Å². The minimum atomic E-state index is -1.09. The van der Waals surface area contributed by atoms with Crippen LogP contribution in [0.4, 0.5) is 4.79 Å². The first-order chi connectivity index (χ1) is 18.8. The summed E-state index contributed by atoms with van der Waals surface area (Å²) in [5.41, 5.74) is 6.73. The van der Waals surface area contributed by atoms with Gasteiger partial charge in [-0.1, -0.05) is 62.4 Å². The van der Waals surface area contributed by atoms with E-state index >= 15 is 0 Å². The van der Waals surface area contributed by atoms with Gasteiger partial charge in [0.1, 0.15) is 18.4 Å². The van der Waals surface area contributed by atoms with Gasteiger partial charge in [0, 0.05) is 19.2 Å². The summed E-state index contributed by atoms with van der Waals surface area (Å²) in [7, 11) is 1.55. The van der Waals surface area contributed by atoms with E-state index in [1.807, 2.05) is 68.4 Å². The third kappa shape index (κ3) is 10.3. The lowest BCUT2D eigenvalue weighted by atomic mass is 10.1. The third-order valence-electron chi connectivity index (χ3n) is 5.36. The Morgan fingerprint density at radius 1 is 1.08 bits per heavy atom. The van der Waals surface area contributed by atoms with Crippen LogP contribution in [0.25, 0.3) is 0 Å². The van der Waals surface area contributed by atoms with Crippen LogP contribution in [0.5, 0.6) is 5.75 Å². The molecule has 0 radical (unpaired) electrons. The molecule has 0 bridgehead atoms. The van der Waals surface area contributed by atoms with E-state index in [9.17, 15) is 9.59 Å². The number of ether oxygens (including phenoxy) is 2. The molecule has 0 spiro atoms. The zero-order chi connectivity index (χ0) is 28.7. The van der Waals surface area contributed by atoms with Gasteiger partial charge in [-0.05, 0) is 35.9 Å². The number of urea groups is 1. The lowest BCUT2D eigenvalue weighted by molar-refractivity contribution is -0.126. The quantitative estimate of drug-likeness (QED) is 0.257. The average Bonchev–Trinajstić information content (AvgIpc) is 3.41. The van der Waals surface area contributed by atoms with E-state index in [2.05, 4.69) is 31.5 Å². The zero-order valence-electron chi connectivity index (χ0n) is 23.3. The normalized spacial score (nSPS) is 11.5. The van der Waals surface area contributed by atoms with Gasteiger partial charge in [-0.3, -0.25) is 4.79 Å². The third-order valence-corrected chi connectivity index (χ3v) is 5.36. The number of para-hydroxylation sites is 1. The van der Waals surface area contributed by atoms with Gasteiger partial charge in [-0.2, -0.15) is 0 Å². The van der Waals surface area contributed by atoms with Crippen LogP contribution < -0.4 is 26.4 Å². The van der Waals surface area contributed by atoms with Crippen molar-refractivity contribution < 1.29 is 19.1 Å². The van der Waals surface area contributed by atoms with Crippen molar-refractivity contribution in [3.63, 3.8) is 0 Å². The second-order valence-electron chi connectivity index (χ2n) is 8.90. The number of nitrogens with zero attached hydrogens (tertiary/aromatic N) is 4. The summed E-state index contributed by atoms with van der Waals surface area (Å²) in [5, 5.41) is 20.2. The fourth-order valence-electron chi connectivity index (χ4n) is 3.31. The van der Waals surface area contributed by atoms with E-state index < -0.39 is 11.6 Å². The molecular weight excluding hydrogens is 500 g/mol. The van der Waals surface area contributed by atoms with E-state index in [1.165, 1.54) is 0 Å². The lowest BCUT2D eigenvalue weighted by Gasteiger charge is -2.24. The van der Waals surface area contributed by atoms with Crippen molar-refractivity contribution in [1.29, 1.82) is 0 Å². The fraction of sp³-hybridized carbons (Fsp3) is 0.444. The number of hydrogen-bond acceptors (Lipinski definition) is 8.